The fourth-order valence-corrected chi connectivity index (χ4v) is 7.10. The number of hydrogen-bond acceptors (Lipinski definition) is 7. The van der Waals surface area contributed by atoms with E-state index in [1.165, 1.54) is 0 Å². The smallest absolute Gasteiger partial charge is 0.255 e. The Labute approximate surface area is 236 Å². The van der Waals surface area contributed by atoms with Gasteiger partial charge < -0.3 is 10.2 Å². The van der Waals surface area contributed by atoms with Gasteiger partial charge in [-0.2, -0.15) is 5.11 Å². The number of rotatable bonds is 7. The predicted molar refractivity (Wildman–Crippen MR) is 149 cm³/mol. The Morgan fingerprint density at radius 2 is 1.87 bits per heavy atom. The number of aliphatic imine (C=N–C) groups is 1. The minimum Gasteiger partial charge on any atom is -0.348 e. The molecule has 3 aliphatic rings. The lowest BCUT2D eigenvalue weighted by atomic mass is 9.76. The number of carbonyl (C=O) groups excluding carboxylic acids is 2. The third kappa shape index (κ3) is 5.86. The van der Waals surface area contributed by atoms with Crippen molar-refractivity contribution in [3.63, 3.8) is 0 Å². The van der Waals surface area contributed by atoms with Crippen LogP contribution in [0.3, 0.4) is 0 Å². The van der Waals surface area contributed by atoms with Crippen LogP contribution in [0.1, 0.15) is 59.1 Å². The van der Waals surface area contributed by atoms with Gasteiger partial charge in [0, 0.05) is 27.7 Å². The van der Waals surface area contributed by atoms with E-state index in [2.05, 4.69) is 25.3 Å². The van der Waals surface area contributed by atoms with Gasteiger partial charge in [-0.05, 0) is 42.2 Å². The molecule has 5 rings (SSSR count). The molecule has 2 aromatic carbocycles. The van der Waals surface area contributed by atoms with E-state index in [0.29, 0.717) is 45.4 Å². The maximum Gasteiger partial charge on any atom is 0.255 e. The Kier molecular flexibility index (Phi) is 8.04. The van der Waals surface area contributed by atoms with E-state index in [1.54, 1.807) is 47.4 Å². The fourth-order valence-electron chi connectivity index (χ4n) is 5.75. The van der Waals surface area contributed by atoms with Gasteiger partial charge in [-0.3, -0.25) is 9.59 Å². The maximum atomic E-state index is 14.2. The van der Waals surface area contributed by atoms with Crippen molar-refractivity contribution in [3.8, 4) is 0 Å². The third-order valence-corrected chi connectivity index (χ3v) is 8.61. The van der Waals surface area contributed by atoms with Crippen LogP contribution in [0.5, 0.6) is 0 Å². The molecule has 1 unspecified atom stereocenters. The molecule has 2 aliphatic heterocycles. The van der Waals surface area contributed by atoms with Gasteiger partial charge in [0.25, 0.3) is 5.91 Å². The molecule has 0 spiro atoms. The standard InChI is InChI=1S/C26H28Cl2N6O4S/c1-39(37,38)33-20-8-4-5-9-21(20)34-24(18-11-10-15(27)12-19(18)28)23(16-6-2-3-7-17(16)26(34)36)25(35)29-13-22-30-14-31-32-22/h2-3,6-7,10-12,20-21,23-24,33H,4-5,8-9,13-14H2,1H3,(H,29,35)/t20-,21?,23+,24-/m0/s1. The predicted octanol–water partition coefficient (Wildman–Crippen LogP) is 4.07. The molecule has 0 bridgehead atoms. The van der Waals surface area contributed by atoms with Crippen LogP contribution in [0.4, 0.5) is 0 Å². The van der Waals surface area contributed by atoms with Crippen LogP contribution < -0.4 is 10.0 Å². The number of amidine groups is 1. The van der Waals surface area contributed by atoms with Crippen LogP contribution in [0.2, 0.25) is 10.0 Å². The number of carbonyl (C=O) groups is 2. The highest BCUT2D eigenvalue weighted by molar-refractivity contribution is 7.88. The number of halogens is 2. The van der Waals surface area contributed by atoms with E-state index in [-0.39, 0.29) is 25.0 Å². The van der Waals surface area contributed by atoms with Crippen LogP contribution in [0.25, 0.3) is 0 Å². The van der Waals surface area contributed by atoms with Gasteiger partial charge in [-0.15, -0.1) is 5.11 Å². The molecule has 0 radical (unpaired) electrons. The highest BCUT2D eigenvalue weighted by Gasteiger charge is 2.49. The number of sulfonamides is 1. The molecule has 39 heavy (non-hydrogen) atoms. The van der Waals surface area contributed by atoms with Crippen LogP contribution in [0.15, 0.2) is 57.7 Å². The summed E-state index contributed by atoms with van der Waals surface area (Å²) < 4.78 is 27.3. The van der Waals surface area contributed by atoms with E-state index in [9.17, 15) is 18.0 Å². The Balaban J connectivity index is 1.65. The Morgan fingerprint density at radius 1 is 1.10 bits per heavy atom. The number of azo groups is 1. The Bertz CT molecular complexity index is 1460. The fraction of sp³-hybridized carbons (Fsp3) is 0.423. The van der Waals surface area contributed by atoms with Gasteiger partial charge in [-0.25, -0.2) is 18.1 Å². The molecule has 2 N–H and O–H groups in total. The van der Waals surface area contributed by atoms with E-state index in [4.69, 9.17) is 23.2 Å². The van der Waals surface area contributed by atoms with Crippen LogP contribution >= 0.6 is 23.2 Å². The summed E-state index contributed by atoms with van der Waals surface area (Å²) in [5, 5.41) is 11.4. The number of nitrogens with one attached hydrogen (secondary N) is 2. The largest absolute Gasteiger partial charge is 0.348 e. The van der Waals surface area contributed by atoms with Crippen molar-refractivity contribution < 1.29 is 18.0 Å². The molecular weight excluding hydrogens is 563 g/mol. The SMILES string of the molecule is CS(=O)(=O)N[C@H]1CCCCC1N1C(=O)c2ccccc2[C@@H](C(=O)NCC2=NCN=N2)[C@@H]1c1ccc(Cl)cc1Cl. The first-order chi connectivity index (χ1) is 18.6. The molecule has 1 fully saturated rings. The second kappa shape index (κ2) is 11.3. The lowest BCUT2D eigenvalue weighted by Crippen LogP contribution is -2.59. The normalized spacial score (nSPS) is 24.8. The molecule has 2 heterocycles. The quantitative estimate of drug-likeness (QED) is 0.502. The average molecular weight is 592 g/mol. The lowest BCUT2D eigenvalue weighted by molar-refractivity contribution is -0.124. The van der Waals surface area contributed by atoms with Crippen LogP contribution in [-0.4, -0.2) is 62.5 Å². The molecule has 0 aromatic heterocycles. The minimum absolute atomic E-state index is 0.0811. The van der Waals surface area contributed by atoms with Gasteiger partial charge in [0.15, 0.2) is 12.5 Å². The summed E-state index contributed by atoms with van der Waals surface area (Å²) in [6, 6.07) is 10.1. The summed E-state index contributed by atoms with van der Waals surface area (Å²) in [4.78, 5) is 34.0. The summed E-state index contributed by atoms with van der Waals surface area (Å²) in [7, 11) is -3.56. The zero-order valence-electron chi connectivity index (χ0n) is 21.2. The summed E-state index contributed by atoms with van der Waals surface area (Å²) >= 11 is 12.9. The van der Waals surface area contributed by atoms with E-state index in [0.717, 1.165) is 19.1 Å². The number of amides is 2. The molecule has 13 heteroatoms. The topological polar surface area (TPSA) is 133 Å². The summed E-state index contributed by atoms with van der Waals surface area (Å²) in [6.45, 7) is 0.302. The van der Waals surface area contributed by atoms with Crippen molar-refractivity contribution >= 4 is 50.9 Å². The van der Waals surface area contributed by atoms with Gasteiger partial charge in [0.05, 0.1) is 24.8 Å². The third-order valence-electron chi connectivity index (χ3n) is 7.32. The summed E-state index contributed by atoms with van der Waals surface area (Å²) in [5.74, 6) is -1.07. The molecule has 0 saturated heterocycles. The van der Waals surface area contributed by atoms with Crippen molar-refractivity contribution in [3.05, 3.63) is 69.2 Å². The first-order valence-electron chi connectivity index (χ1n) is 12.7. The Hall–Kier alpha value is -2.86. The van der Waals surface area contributed by atoms with Crippen molar-refractivity contribution in [2.24, 2.45) is 15.2 Å². The van der Waals surface area contributed by atoms with Crippen molar-refractivity contribution in [1.82, 2.24) is 14.9 Å². The van der Waals surface area contributed by atoms with Crippen molar-refractivity contribution in [2.45, 2.75) is 49.7 Å². The van der Waals surface area contributed by atoms with Crippen LogP contribution in [0, 0.1) is 0 Å². The number of nitrogens with zero attached hydrogens (tertiary/aromatic N) is 4. The number of hydrogen-bond donors (Lipinski definition) is 2. The minimum atomic E-state index is -3.56. The van der Waals surface area contributed by atoms with Crippen molar-refractivity contribution in [1.29, 1.82) is 0 Å². The van der Waals surface area contributed by atoms with Gasteiger partial charge >= 0.3 is 0 Å². The second-order valence-corrected chi connectivity index (χ2v) is 12.5. The zero-order chi connectivity index (χ0) is 27.7. The van der Waals surface area contributed by atoms with Gasteiger partial charge in [0.1, 0.15) is 0 Å². The zero-order valence-corrected chi connectivity index (χ0v) is 23.5. The molecule has 4 atom stereocenters. The average Bonchev–Trinajstić information content (AvgIpc) is 3.41. The maximum absolute atomic E-state index is 14.2. The lowest BCUT2D eigenvalue weighted by Gasteiger charge is -2.49. The Morgan fingerprint density at radius 3 is 2.59 bits per heavy atom. The van der Waals surface area contributed by atoms with Crippen molar-refractivity contribution in [2.75, 3.05) is 19.5 Å². The molecule has 1 aliphatic carbocycles. The van der Waals surface area contributed by atoms with Gasteiger partial charge in [0.2, 0.25) is 15.9 Å². The van der Waals surface area contributed by atoms with Crippen LogP contribution in [-0.2, 0) is 14.8 Å². The molecule has 2 aromatic rings. The summed E-state index contributed by atoms with van der Waals surface area (Å²) in [6.07, 6.45) is 3.86. The molecule has 2 amide bonds. The highest BCUT2D eigenvalue weighted by atomic mass is 35.5. The van der Waals surface area contributed by atoms with E-state index < -0.39 is 34.1 Å². The monoisotopic (exact) mass is 590 g/mol. The number of benzene rings is 2. The summed E-state index contributed by atoms with van der Waals surface area (Å²) in [5.41, 5.74) is 1.50. The first-order valence-corrected chi connectivity index (χ1v) is 15.3. The molecule has 1 saturated carbocycles. The first kappa shape index (κ1) is 27.7. The van der Waals surface area contributed by atoms with Gasteiger partial charge in [-0.1, -0.05) is 60.3 Å². The number of fused-ring (bicyclic) bond motifs is 1. The highest BCUT2D eigenvalue weighted by Crippen LogP contribution is 2.47. The molecule has 10 nitrogen and oxygen atoms in total. The van der Waals surface area contributed by atoms with E-state index in [1.807, 2.05) is 0 Å². The van der Waals surface area contributed by atoms with E-state index >= 15 is 0 Å². The molecule has 206 valence electrons. The molecular formula is C26H28Cl2N6O4S. The second-order valence-electron chi connectivity index (χ2n) is 9.91.